The number of carbonyl (C=O) groups excluding carboxylic acids is 1. The summed E-state index contributed by atoms with van der Waals surface area (Å²) in [6, 6.07) is 0. The van der Waals surface area contributed by atoms with Gasteiger partial charge in [0.1, 0.15) is 0 Å². The third-order valence-corrected chi connectivity index (χ3v) is 1.73. The predicted molar refractivity (Wildman–Crippen MR) is 43.7 cm³/mol. The fraction of sp³-hybridized carbons (Fsp3) is 0.833. The van der Waals surface area contributed by atoms with Gasteiger partial charge in [0.05, 0.1) is 0 Å². The summed E-state index contributed by atoms with van der Waals surface area (Å²) >= 11 is 0. The second-order valence-electron chi connectivity index (χ2n) is 2.56. The summed E-state index contributed by atoms with van der Waals surface area (Å²) in [5.74, 6) is -1.28. The zero-order valence-electron chi connectivity index (χ0n) is 7.21. The Labute approximate surface area is 75.8 Å². The van der Waals surface area contributed by atoms with Crippen LogP contribution in [0.3, 0.4) is 0 Å². The van der Waals surface area contributed by atoms with Crippen LogP contribution in [0.25, 0.3) is 0 Å². The molecule has 0 aliphatic heterocycles. The van der Waals surface area contributed by atoms with Gasteiger partial charge in [0, 0.05) is 0 Å². The molecule has 1 unspecified atom stereocenters. The molecule has 0 rings (SSSR count). The monoisotopic (exact) mass is 212 g/mol. The Balaban J connectivity index is 3.90. The molecule has 0 aromatic rings. The minimum absolute atomic E-state index is 0.148. The van der Waals surface area contributed by atoms with E-state index < -0.39 is 19.9 Å². The van der Waals surface area contributed by atoms with Crippen LogP contribution in [0.2, 0.25) is 0 Å². The maximum atomic E-state index is 10.7. The highest BCUT2D eigenvalue weighted by atomic mass is 31.2. The Morgan fingerprint density at radius 1 is 1.54 bits per heavy atom. The van der Waals surface area contributed by atoms with Crippen molar-refractivity contribution in [3.8, 4) is 0 Å². The van der Waals surface area contributed by atoms with E-state index in [0.29, 0.717) is 6.42 Å². The van der Waals surface area contributed by atoms with E-state index in [4.69, 9.17) is 14.9 Å². The number of rotatable bonds is 5. The highest BCUT2D eigenvalue weighted by molar-refractivity contribution is 7.46. The van der Waals surface area contributed by atoms with Gasteiger partial charge in [-0.15, -0.1) is 0 Å². The molecule has 0 bridgehead atoms. The van der Waals surface area contributed by atoms with Crippen molar-refractivity contribution in [2.24, 2.45) is 0 Å². The summed E-state index contributed by atoms with van der Waals surface area (Å²) in [6.45, 7) is 1.86. The first kappa shape index (κ1) is 12.6. The van der Waals surface area contributed by atoms with E-state index in [2.05, 4.69) is 4.52 Å². The van der Waals surface area contributed by atoms with Crippen LogP contribution < -0.4 is 0 Å². The van der Waals surface area contributed by atoms with E-state index >= 15 is 0 Å². The predicted octanol–water partition coefficient (Wildman–Crippen LogP) is 0.173. The molecule has 78 valence electrons. The standard InChI is InChI=1S/C6H13O6P/c1-2-3-4-5(7)6(8)12-13(9,10)11/h5,7H,2-4H2,1H3,(H2,9,10,11). The molecule has 0 spiro atoms. The van der Waals surface area contributed by atoms with Crippen molar-refractivity contribution in [3.63, 3.8) is 0 Å². The summed E-state index contributed by atoms with van der Waals surface area (Å²) < 4.78 is 13.8. The maximum absolute atomic E-state index is 10.7. The van der Waals surface area contributed by atoms with E-state index in [1.54, 1.807) is 0 Å². The lowest BCUT2D eigenvalue weighted by Gasteiger charge is -2.09. The van der Waals surface area contributed by atoms with Crippen molar-refractivity contribution >= 4 is 13.8 Å². The molecule has 13 heavy (non-hydrogen) atoms. The lowest BCUT2D eigenvalue weighted by atomic mass is 10.2. The van der Waals surface area contributed by atoms with Crippen molar-refractivity contribution in [2.75, 3.05) is 0 Å². The second kappa shape index (κ2) is 5.34. The molecule has 1 atom stereocenters. The lowest BCUT2D eigenvalue weighted by molar-refractivity contribution is -0.145. The van der Waals surface area contributed by atoms with Gasteiger partial charge in [-0.25, -0.2) is 9.36 Å². The molecular weight excluding hydrogens is 199 g/mol. The number of hydrogen-bond donors (Lipinski definition) is 3. The number of aliphatic hydroxyl groups is 1. The van der Waals surface area contributed by atoms with Crippen LogP contribution in [0.15, 0.2) is 0 Å². The van der Waals surface area contributed by atoms with E-state index in [1.807, 2.05) is 6.92 Å². The molecule has 0 aromatic carbocycles. The second-order valence-corrected chi connectivity index (χ2v) is 3.72. The van der Waals surface area contributed by atoms with Gasteiger partial charge >= 0.3 is 13.8 Å². The third-order valence-electron chi connectivity index (χ3n) is 1.31. The van der Waals surface area contributed by atoms with Crippen molar-refractivity contribution in [1.29, 1.82) is 0 Å². The van der Waals surface area contributed by atoms with Crippen LogP contribution in [0, 0.1) is 0 Å². The zero-order chi connectivity index (χ0) is 10.5. The molecule has 7 heteroatoms. The van der Waals surface area contributed by atoms with Crippen molar-refractivity contribution in [3.05, 3.63) is 0 Å². The smallest absolute Gasteiger partial charge is 0.381 e. The van der Waals surface area contributed by atoms with Gasteiger partial charge in [0.2, 0.25) is 0 Å². The van der Waals surface area contributed by atoms with Crippen LogP contribution in [-0.4, -0.2) is 27.0 Å². The average Bonchev–Trinajstić information content (AvgIpc) is 1.96. The Morgan fingerprint density at radius 2 is 2.08 bits per heavy atom. The zero-order valence-corrected chi connectivity index (χ0v) is 8.11. The molecular formula is C6H13O6P. The molecule has 0 aliphatic carbocycles. The fourth-order valence-corrected chi connectivity index (χ4v) is 1.05. The van der Waals surface area contributed by atoms with Gasteiger partial charge in [0.15, 0.2) is 6.10 Å². The van der Waals surface area contributed by atoms with Gasteiger partial charge < -0.3 is 9.63 Å². The quantitative estimate of drug-likeness (QED) is 0.561. The SMILES string of the molecule is CCCCC(O)C(=O)OP(=O)(O)O. The first-order chi connectivity index (χ1) is 5.87. The maximum Gasteiger partial charge on any atom is 0.527 e. The van der Waals surface area contributed by atoms with Crippen LogP contribution in [0.5, 0.6) is 0 Å². The number of phosphoric ester groups is 1. The number of carbonyl (C=O) groups is 1. The van der Waals surface area contributed by atoms with E-state index in [9.17, 15) is 9.36 Å². The van der Waals surface area contributed by atoms with E-state index in [1.165, 1.54) is 0 Å². The molecule has 0 fully saturated rings. The first-order valence-electron chi connectivity index (χ1n) is 3.84. The van der Waals surface area contributed by atoms with Gasteiger partial charge in [-0.05, 0) is 6.42 Å². The van der Waals surface area contributed by atoms with Gasteiger partial charge in [0.25, 0.3) is 0 Å². The van der Waals surface area contributed by atoms with Crippen LogP contribution >= 0.6 is 7.82 Å². The summed E-state index contributed by atoms with van der Waals surface area (Å²) in [5.41, 5.74) is 0. The summed E-state index contributed by atoms with van der Waals surface area (Å²) in [5, 5.41) is 8.99. The topological polar surface area (TPSA) is 104 Å². The Morgan fingerprint density at radius 3 is 2.46 bits per heavy atom. The molecule has 3 N–H and O–H groups in total. The minimum Gasteiger partial charge on any atom is -0.381 e. The number of phosphoric acid groups is 1. The normalized spacial score (nSPS) is 13.8. The Bertz CT molecular complexity index is 209. The van der Waals surface area contributed by atoms with Gasteiger partial charge in [-0.3, -0.25) is 9.79 Å². The summed E-state index contributed by atoms with van der Waals surface area (Å²) in [4.78, 5) is 27.1. The Hall–Kier alpha value is -0.420. The molecule has 6 nitrogen and oxygen atoms in total. The molecule has 0 heterocycles. The van der Waals surface area contributed by atoms with Crippen molar-refractivity contribution in [2.45, 2.75) is 32.3 Å². The Kier molecular flexibility index (Phi) is 5.17. The summed E-state index contributed by atoms with van der Waals surface area (Å²) in [6.07, 6.45) is 0.0695. The van der Waals surface area contributed by atoms with E-state index in [-0.39, 0.29) is 6.42 Å². The molecule has 0 aliphatic rings. The molecule has 0 saturated heterocycles. The molecule has 0 amide bonds. The third kappa shape index (κ3) is 6.72. The van der Waals surface area contributed by atoms with Crippen LogP contribution in [0.1, 0.15) is 26.2 Å². The van der Waals surface area contributed by atoms with Crippen molar-refractivity contribution in [1.82, 2.24) is 0 Å². The van der Waals surface area contributed by atoms with Gasteiger partial charge in [-0.1, -0.05) is 19.8 Å². The van der Waals surface area contributed by atoms with E-state index in [0.717, 1.165) is 6.42 Å². The minimum atomic E-state index is -4.82. The van der Waals surface area contributed by atoms with Gasteiger partial charge in [-0.2, -0.15) is 0 Å². The number of unbranched alkanes of at least 4 members (excludes halogenated alkanes) is 1. The molecule has 0 aromatic heterocycles. The van der Waals surface area contributed by atoms with Crippen molar-refractivity contribution < 1.29 is 28.8 Å². The number of aliphatic hydroxyl groups excluding tert-OH is 1. The van der Waals surface area contributed by atoms with Crippen LogP contribution in [0.4, 0.5) is 0 Å². The lowest BCUT2D eigenvalue weighted by Crippen LogP contribution is -2.21. The highest BCUT2D eigenvalue weighted by Crippen LogP contribution is 2.36. The van der Waals surface area contributed by atoms with Crippen LogP contribution in [-0.2, 0) is 13.9 Å². The molecule has 0 saturated carbocycles. The first-order valence-corrected chi connectivity index (χ1v) is 5.37. The highest BCUT2D eigenvalue weighted by Gasteiger charge is 2.25. The summed E-state index contributed by atoms with van der Waals surface area (Å²) in [7, 11) is -4.82. The average molecular weight is 212 g/mol. The fourth-order valence-electron chi connectivity index (χ4n) is 0.693. The largest absolute Gasteiger partial charge is 0.527 e. The molecule has 0 radical (unpaired) electrons. The number of hydrogen-bond acceptors (Lipinski definition) is 4.